The molecule has 4 heterocycles. The Balaban J connectivity index is 1.51. The van der Waals surface area contributed by atoms with Gasteiger partial charge < -0.3 is 10.2 Å². The van der Waals surface area contributed by atoms with Crippen molar-refractivity contribution in [1.29, 1.82) is 0 Å². The van der Waals surface area contributed by atoms with Gasteiger partial charge in [0.25, 0.3) is 0 Å². The molecule has 6 nitrogen and oxygen atoms in total. The standard InChI is InChI=1S/C19H21N5O/c1-14(25)23-11-8-15(9-12-23)21-19-7-4-5-17(22-19)16-13-20-24-10-3-2-6-18(16)24/h2-7,10,13,15H,8-9,11-12H2,1H3,(H,21,22). The molecule has 6 heteroatoms. The average molecular weight is 335 g/mol. The number of aromatic nitrogens is 3. The number of anilines is 1. The lowest BCUT2D eigenvalue weighted by molar-refractivity contribution is -0.129. The van der Waals surface area contributed by atoms with Gasteiger partial charge in [-0.3, -0.25) is 4.79 Å². The van der Waals surface area contributed by atoms with Crippen molar-refractivity contribution < 1.29 is 4.79 Å². The highest BCUT2D eigenvalue weighted by molar-refractivity contribution is 5.78. The maximum absolute atomic E-state index is 11.4. The van der Waals surface area contributed by atoms with Crippen molar-refractivity contribution >= 4 is 17.2 Å². The first-order chi connectivity index (χ1) is 12.2. The Morgan fingerprint density at radius 3 is 2.80 bits per heavy atom. The number of carbonyl (C=O) groups excluding carboxylic acids is 1. The second-order valence-electron chi connectivity index (χ2n) is 6.42. The van der Waals surface area contributed by atoms with Crippen LogP contribution in [0.1, 0.15) is 19.8 Å². The van der Waals surface area contributed by atoms with Gasteiger partial charge in [0, 0.05) is 37.8 Å². The fourth-order valence-corrected chi connectivity index (χ4v) is 3.34. The number of nitrogens with one attached hydrogen (secondary N) is 1. The fraction of sp³-hybridized carbons (Fsp3) is 0.316. The topological polar surface area (TPSA) is 62.5 Å². The van der Waals surface area contributed by atoms with Crippen molar-refractivity contribution in [3.8, 4) is 11.3 Å². The van der Waals surface area contributed by atoms with E-state index in [-0.39, 0.29) is 5.91 Å². The summed E-state index contributed by atoms with van der Waals surface area (Å²) in [7, 11) is 0. The predicted molar refractivity (Wildman–Crippen MR) is 97.3 cm³/mol. The Morgan fingerprint density at radius 2 is 2.00 bits per heavy atom. The second-order valence-corrected chi connectivity index (χ2v) is 6.42. The summed E-state index contributed by atoms with van der Waals surface area (Å²) in [5.74, 6) is 1.03. The minimum atomic E-state index is 0.159. The molecule has 0 spiro atoms. The largest absolute Gasteiger partial charge is 0.367 e. The van der Waals surface area contributed by atoms with E-state index in [9.17, 15) is 4.79 Å². The highest BCUT2D eigenvalue weighted by Crippen LogP contribution is 2.24. The molecular formula is C19H21N5O. The molecular weight excluding hydrogens is 314 g/mol. The zero-order chi connectivity index (χ0) is 17.2. The van der Waals surface area contributed by atoms with Crippen LogP contribution in [0.5, 0.6) is 0 Å². The summed E-state index contributed by atoms with van der Waals surface area (Å²) in [6.07, 6.45) is 5.68. The lowest BCUT2D eigenvalue weighted by Crippen LogP contribution is -2.41. The molecule has 1 N–H and O–H groups in total. The molecule has 3 aromatic heterocycles. The van der Waals surface area contributed by atoms with E-state index < -0.39 is 0 Å². The Morgan fingerprint density at radius 1 is 1.16 bits per heavy atom. The average Bonchev–Trinajstić information content (AvgIpc) is 3.06. The summed E-state index contributed by atoms with van der Waals surface area (Å²) >= 11 is 0. The van der Waals surface area contributed by atoms with E-state index in [2.05, 4.69) is 10.4 Å². The monoisotopic (exact) mass is 335 g/mol. The van der Waals surface area contributed by atoms with Gasteiger partial charge >= 0.3 is 0 Å². The predicted octanol–water partition coefficient (Wildman–Crippen LogP) is 2.82. The molecule has 1 saturated heterocycles. The molecule has 4 rings (SSSR count). The van der Waals surface area contributed by atoms with Crippen LogP contribution in [0.4, 0.5) is 5.82 Å². The van der Waals surface area contributed by atoms with Crippen LogP contribution < -0.4 is 5.32 Å². The van der Waals surface area contributed by atoms with Gasteiger partial charge in [0.1, 0.15) is 5.82 Å². The van der Waals surface area contributed by atoms with E-state index in [1.807, 2.05) is 58.2 Å². The van der Waals surface area contributed by atoms with Crippen LogP contribution in [0.25, 0.3) is 16.8 Å². The molecule has 1 fully saturated rings. The number of carbonyl (C=O) groups is 1. The van der Waals surface area contributed by atoms with Crippen molar-refractivity contribution in [2.45, 2.75) is 25.8 Å². The maximum Gasteiger partial charge on any atom is 0.219 e. The first-order valence-electron chi connectivity index (χ1n) is 8.62. The maximum atomic E-state index is 11.4. The zero-order valence-electron chi connectivity index (χ0n) is 14.2. The molecule has 0 radical (unpaired) electrons. The highest BCUT2D eigenvalue weighted by Gasteiger charge is 2.20. The van der Waals surface area contributed by atoms with Crippen LogP contribution in [0.2, 0.25) is 0 Å². The van der Waals surface area contributed by atoms with E-state index in [4.69, 9.17) is 4.98 Å². The van der Waals surface area contributed by atoms with E-state index in [0.717, 1.165) is 48.5 Å². The number of hydrogen-bond acceptors (Lipinski definition) is 4. The Bertz CT molecular complexity index is 895. The smallest absolute Gasteiger partial charge is 0.219 e. The first kappa shape index (κ1) is 15.6. The third kappa shape index (κ3) is 3.20. The summed E-state index contributed by atoms with van der Waals surface area (Å²) < 4.78 is 1.86. The molecule has 0 aromatic carbocycles. The van der Waals surface area contributed by atoms with Gasteiger partial charge in [0.15, 0.2) is 0 Å². The van der Waals surface area contributed by atoms with E-state index in [0.29, 0.717) is 6.04 Å². The second kappa shape index (κ2) is 6.55. The zero-order valence-corrected chi connectivity index (χ0v) is 14.2. The van der Waals surface area contributed by atoms with E-state index in [1.54, 1.807) is 6.92 Å². The summed E-state index contributed by atoms with van der Waals surface area (Å²) in [5.41, 5.74) is 2.98. The van der Waals surface area contributed by atoms with Crippen LogP contribution in [0.3, 0.4) is 0 Å². The Labute approximate surface area is 146 Å². The number of likely N-dealkylation sites (tertiary alicyclic amines) is 1. The van der Waals surface area contributed by atoms with Gasteiger partial charge in [-0.25, -0.2) is 9.50 Å². The van der Waals surface area contributed by atoms with Gasteiger partial charge in [-0.1, -0.05) is 12.1 Å². The normalized spacial score (nSPS) is 15.5. The third-order valence-corrected chi connectivity index (χ3v) is 4.74. The van der Waals surface area contributed by atoms with E-state index >= 15 is 0 Å². The van der Waals surface area contributed by atoms with Crippen molar-refractivity contribution in [1.82, 2.24) is 19.5 Å². The van der Waals surface area contributed by atoms with Crippen LogP contribution >= 0.6 is 0 Å². The minimum Gasteiger partial charge on any atom is -0.367 e. The Hall–Kier alpha value is -2.89. The molecule has 0 atom stereocenters. The van der Waals surface area contributed by atoms with Crippen LogP contribution in [-0.2, 0) is 4.79 Å². The molecule has 0 saturated carbocycles. The molecule has 0 bridgehead atoms. The molecule has 128 valence electrons. The quantitative estimate of drug-likeness (QED) is 0.799. The lowest BCUT2D eigenvalue weighted by atomic mass is 10.1. The van der Waals surface area contributed by atoms with Crippen LogP contribution in [-0.4, -0.2) is 44.5 Å². The minimum absolute atomic E-state index is 0.159. The van der Waals surface area contributed by atoms with Crippen molar-refractivity contribution in [3.05, 3.63) is 48.8 Å². The van der Waals surface area contributed by atoms with Gasteiger partial charge in [-0.05, 0) is 37.1 Å². The molecule has 1 amide bonds. The SMILES string of the molecule is CC(=O)N1CCC(Nc2cccc(-c3cnn4ccccc34)n2)CC1. The van der Waals surface area contributed by atoms with Gasteiger partial charge in [0.2, 0.25) is 5.91 Å². The molecule has 25 heavy (non-hydrogen) atoms. The lowest BCUT2D eigenvalue weighted by Gasteiger charge is -2.32. The van der Waals surface area contributed by atoms with Gasteiger partial charge in [0.05, 0.1) is 17.4 Å². The number of rotatable bonds is 3. The summed E-state index contributed by atoms with van der Waals surface area (Å²) in [4.78, 5) is 18.1. The van der Waals surface area contributed by atoms with E-state index in [1.165, 1.54) is 0 Å². The fourth-order valence-electron chi connectivity index (χ4n) is 3.34. The first-order valence-corrected chi connectivity index (χ1v) is 8.62. The Kier molecular flexibility index (Phi) is 4.09. The number of amides is 1. The third-order valence-electron chi connectivity index (χ3n) is 4.74. The number of hydrogen-bond donors (Lipinski definition) is 1. The summed E-state index contributed by atoms with van der Waals surface area (Å²) in [5, 5.41) is 7.90. The number of fused-ring (bicyclic) bond motifs is 1. The summed E-state index contributed by atoms with van der Waals surface area (Å²) in [6.45, 7) is 3.25. The number of pyridine rings is 2. The molecule has 0 unspecified atom stereocenters. The van der Waals surface area contributed by atoms with Crippen LogP contribution in [0, 0.1) is 0 Å². The molecule has 3 aromatic rings. The summed E-state index contributed by atoms with van der Waals surface area (Å²) in [6, 6.07) is 12.4. The number of piperidine rings is 1. The molecule has 1 aliphatic rings. The highest BCUT2D eigenvalue weighted by atomic mass is 16.2. The van der Waals surface area contributed by atoms with Gasteiger partial charge in [-0.15, -0.1) is 0 Å². The molecule has 0 aliphatic carbocycles. The van der Waals surface area contributed by atoms with Crippen molar-refractivity contribution in [3.63, 3.8) is 0 Å². The van der Waals surface area contributed by atoms with Gasteiger partial charge in [-0.2, -0.15) is 5.10 Å². The van der Waals surface area contributed by atoms with Crippen molar-refractivity contribution in [2.75, 3.05) is 18.4 Å². The molecule has 1 aliphatic heterocycles. The van der Waals surface area contributed by atoms with Crippen molar-refractivity contribution in [2.24, 2.45) is 0 Å². The van der Waals surface area contributed by atoms with Crippen LogP contribution in [0.15, 0.2) is 48.8 Å². The number of nitrogens with zero attached hydrogens (tertiary/aromatic N) is 4.